The van der Waals surface area contributed by atoms with Crippen molar-refractivity contribution in [3.05, 3.63) is 64.2 Å². The monoisotopic (exact) mass is 313 g/mol. The predicted octanol–water partition coefficient (Wildman–Crippen LogP) is 3.20. The van der Waals surface area contributed by atoms with E-state index in [0.29, 0.717) is 0 Å². The average Bonchev–Trinajstić information content (AvgIpc) is 2.54. The number of nitro groups is 1. The molecule has 7 heteroatoms. The van der Waals surface area contributed by atoms with Gasteiger partial charge in [-0.3, -0.25) is 14.9 Å². The van der Waals surface area contributed by atoms with Gasteiger partial charge in [-0.1, -0.05) is 18.2 Å². The second-order valence-electron chi connectivity index (χ2n) is 4.25. The molecule has 0 atom stereocenters. The molecule has 2 rings (SSSR count). The van der Waals surface area contributed by atoms with E-state index in [0.717, 1.165) is 11.0 Å². The van der Waals surface area contributed by atoms with Gasteiger partial charge in [0.25, 0.3) is 5.69 Å². The Labute approximate surface area is 130 Å². The van der Waals surface area contributed by atoms with Gasteiger partial charge >= 0.3 is 0 Å². The highest BCUT2D eigenvalue weighted by Crippen LogP contribution is 2.22. The van der Waals surface area contributed by atoms with Gasteiger partial charge in [-0.05, 0) is 18.2 Å². The Balaban J connectivity index is 2.02. The summed E-state index contributed by atoms with van der Waals surface area (Å²) in [6, 6.07) is 15.0. The van der Waals surface area contributed by atoms with E-state index in [1.54, 1.807) is 0 Å². The molecule has 1 amide bonds. The molecule has 0 spiro atoms. The fourth-order valence-corrected chi connectivity index (χ4v) is 2.42. The fourth-order valence-electron chi connectivity index (χ4n) is 1.70. The number of non-ortho nitro benzene ring substituents is 1. The molecule has 0 saturated carbocycles. The summed E-state index contributed by atoms with van der Waals surface area (Å²) in [6.07, 6.45) is 0. The second kappa shape index (κ2) is 7.24. The topological polar surface area (TPSA) is 96.0 Å². The van der Waals surface area contributed by atoms with Crippen molar-refractivity contribution in [2.75, 3.05) is 11.1 Å². The van der Waals surface area contributed by atoms with Crippen LogP contribution in [0.25, 0.3) is 0 Å². The van der Waals surface area contributed by atoms with Crippen molar-refractivity contribution in [2.45, 2.75) is 4.90 Å². The van der Waals surface area contributed by atoms with Crippen LogP contribution in [0, 0.1) is 21.4 Å². The van der Waals surface area contributed by atoms with Gasteiger partial charge in [0.2, 0.25) is 5.91 Å². The zero-order valence-electron chi connectivity index (χ0n) is 11.4. The van der Waals surface area contributed by atoms with E-state index >= 15 is 0 Å². The molecular formula is C15H11N3O3S. The number of thioether (sulfide) groups is 1. The van der Waals surface area contributed by atoms with Gasteiger partial charge in [-0.25, -0.2) is 0 Å². The van der Waals surface area contributed by atoms with Crippen LogP contribution in [0.3, 0.4) is 0 Å². The first-order valence-corrected chi connectivity index (χ1v) is 7.25. The zero-order chi connectivity index (χ0) is 15.9. The minimum atomic E-state index is -0.586. The minimum Gasteiger partial charge on any atom is -0.324 e. The van der Waals surface area contributed by atoms with Gasteiger partial charge in [-0.2, -0.15) is 5.26 Å². The summed E-state index contributed by atoms with van der Waals surface area (Å²) in [7, 11) is 0. The van der Waals surface area contributed by atoms with Crippen molar-refractivity contribution in [3.8, 4) is 6.07 Å². The Kier molecular flexibility index (Phi) is 5.11. The van der Waals surface area contributed by atoms with Crippen molar-refractivity contribution in [2.24, 2.45) is 0 Å². The molecule has 0 aromatic heterocycles. The van der Waals surface area contributed by atoms with Crippen LogP contribution in [-0.4, -0.2) is 16.6 Å². The molecule has 6 nitrogen and oxygen atoms in total. The van der Waals surface area contributed by atoms with Crippen molar-refractivity contribution in [1.29, 1.82) is 5.26 Å². The lowest BCUT2D eigenvalue weighted by Crippen LogP contribution is -2.15. The quantitative estimate of drug-likeness (QED) is 0.519. The van der Waals surface area contributed by atoms with E-state index in [2.05, 4.69) is 5.32 Å². The molecule has 0 fully saturated rings. The van der Waals surface area contributed by atoms with E-state index in [-0.39, 0.29) is 28.6 Å². The molecule has 110 valence electrons. The Morgan fingerprint density at radius 1 is 1.27 bits per heavy atom. The maximum atomic E-state index is 11.9. The van der Waals surface area contributed by atoms with Crippen molar-refractivity contribution >= 4 is 29.0 Å². The van der Waals surface area contributed by atoms with Crippen LogP contribution in [0.15, 0.2) is 53.4 Å². The first-order valence-electron chi connectivity index (χ1n) is 6.26. The van der Waals surface area contributed by atoms with Gasteiger partial charge in [0, 0.05) is 17.0 Å². The molecule has 0 aliphatic rings. The number of anilines is 1. The van der Waals surface area contributed by atoms with Gasteiger partial charge in [0.1, 0.15) is 6.07 Å². The first kappa shape index (κ1) is 15.5. The number of rotatable bonds is 5. The highest BCUT2D eigenvalue weighted by Gasteiger charge is 2.12. The van der Waals surface area contributed by atoms with Gasteiger partial charge in [0.15, 0.2) is 0 Å². The molecule has 0 heterocycles. The summed E-state index contributed by atoms with van der Waals surface area (Å²) in [5.74, 6) is -0.0921. The number of carbonyl (C=O) groups excluding carboxylic acids is 1. The van der Waals surface area contributed by atoms with E-state index in [1.165, 1.54) is 23.9 Å². The number of amides is 1. The Morgan fingerprint density at radius 3 is 2.64 bits per heavy atom. The molecule has 0 radical (unpaired) electrons. The molecule has 0 bridgehead atoms. The van der Waals surface area contributed by atoms with Crippen LogP contribution in [0.2, 0.25) is 0 Å². The van der Waals surface area contributed by atoms with E-state index in [4.69, 9.17) is 5.26 Å². The predicted molar refractivity (Wildman–Crippen MR) is 83.6 cm³/mol. The summed E-state index contributed by atoms with van der Waals surface area (Å²) in [5.41, 5.74) is 0.146. The number of hydrogen-bond donors (Lipinski definition) is 1. The molecule has 2 aromatic carbocycles. The number of nitrogens with zero attached hydrogens (tertiary/aromatic N) is 2. The van der Waals surface area contributed by atoms with Gasteiger partial charge in [0.05, 0.1) is 21.9 Å². The highest BCUT2D eigenvalue weighted by molar-refractivity contribution is 8.00. The second-order valence-corrected chi connectivity index (χ2v) is 5.30. The van der Waals surface area contributed by atoms with E-state index in [9.17, 15) is 14.9 Å². The third-order valence-electron chi connectivity index (χ3n) is 2.72. The molecule has 1 N–H and O–H groups in total. The summed E-state index contributed by atoms with van der Waals surface area (Å²) in [6.45, 7) is 0. The maximum absolute atomic E-state index is 11.9. The van der Waals surface area contributed by atoms with Crippen molar-refractivity contribution < 1.29 is 9.72 Å². The summed E-state index contributed by atoms with van der Waals surface area (Å²) < 4.78 is 0. The van der Waals surface area contributed by atoms with Crippen LogP contribution in [-0.2, 0) is 4.79 Å². The standard InChI is InChI=1S/C15H11N3O3S/c16-9-11-8-12(18(20)21)6-7-14(11)17-15(19)10-22-13-4-2-1-3-5-13/h1-8H,10H2,(H,17,19). The average molecular weight is 313 g/mol. The van der Waals surface area contributed by atoms with Gasteiger partial charge in [-0.15, -0.1) is 11.8 Å². The highest BCUT2D eigenvalue weighted by atomic mass is 32.2. The van der Waals surface area contributed by atoms with Crippen LogP contribution >= 0.6 is 11.8 Å². The van der Waals surface area contributed by atoms with Crippen molar-refractivity contribution in [3.63, 3.8) is 0 Å². The lowest BCUT2D eigenvalue weighted by molar-refractivity contribution is -0.384. The lowest BCUT2D eigenvalue weighted by atomic mass is 10.1. The Hall–Kier alpha value is -2.85. The number of hydrogen-bond acceptors (Lipinski definition) is 5. The SMILES string of the molecule is N#Cc1cc([N+](=O)[O-])ccc1NC(=O)CSc1ccccc1. The van der Waals surface area contributed by atoms with Gasteiger partial charge < -0.3 is 5.32 Å². The molecule has 22 heavy (non-hydrogen) atoms. The number of nitrogens with one attached hydrogen (secondary N) is 1. The summed E-state index contributed by atoms with van der Waals surface area (Å²) in [4.78, 5) is 22.9. The molecule has 0 saturated heterocycles. The number of benzene rings is 2. The minimum absolute atomic E-state index is 0.0623. The molecule has 0 aliphatic carbocycles. The van der Waals surface area contributed by atoms with E-state index in [1.807, 2.05) is 36.4 Å². The molecule has 2 aromatic rings. The first-order chi connectivity index (χ1) is 10.6. The number of nitriles is 1. The molecular weight excluding hydrogens is 302 g/mol. The van der Waals surface area contributed by atoms with Crippen LogP contribution < -0.4 is 5.32 Å². The molecule has 0 aliphatic heterocycles. The third-order valence-corrected chi connectivity index (χ3v) is 3.73. The van der Waals surface area contributed by atoms with Crippen LogP contribution in [0.4, 0.5) is 11.4 Å². The van der Waals surface area contributed by atoms with Crippen LogP contribution in [0.1, 0.15) is 5.56 Å². The Bertz CT molecular complexity index is 741. The van der Waals surface area contributed by atoms with E-state index < -0.39 is 4.92 Å². The zero-order valence-corrected chi connectivity index (χ0v) is 12.2. The smallest absolute Gasteiger partial charge is 0.270 e. The number of nitro benzene ring substituents is 1. The maximum Gasteiger partial charge on any atom is 0.270 e. The summed E-state index contributed by atoms with van der Waals surface area (Å²) >= 11 is 1.37. The molecule has 0 unspecified atom stereocenters. The van der Waals surface area contributed by atoms with Crippen LogP contribution in [0.5, 0.6) is 0 Å². The third kappa shape index (κ3) is 4.07. The Morgan fingerprint density at radius 2 is 2.00 bits per heavy atom. The number of carbonyl (C=O) groups is 1. The largest absolute Gasteiger partial charge is 0.324 e. The summed E-state index contributed by atoms with van der Waals surface area (Å²) in [5, 5.41) is 22.3. The van der Waals surface area contributed by atoms with Crippen molar-refractivity contribution in [1.82, 2.24) is 0 Å². The lowest BCUT2D eigenvalue weighted by Gasteiger charge is -2.07. The fraction of sp³-hybridized carbons (Fsp3) is 0.0667. The normalized spacial score (nSPS) is 9.77.